The van der Waals surface area contributed by atoms with Crippen LogP contribution in [0.1, 0.15) is 37.8 Å². The van der Waals surface area contributed by atoms with Crippen LogP contribution in [0.15, 0.2) is 41.6 Å². The van der Waals surface area contributed by atoms with Gasteiger partial charge in [-0.15, -0.1) is 0 Å². The maximum absolute atomic E-state index is 11.6. The van der Waals surface area contributed by atoms with E-state index in [-0.39, 0.29) is 17.5 Å². The van der Waals surface area contributed by atoms with Gasteiger partial charge in [0.05, 0.1) is 0 Å². The molecule has 0 radical (unpaired) electrons. The van der Waals surface area contributed by atoms with E-state index in [0.29, 0.717) is 12.5 Å². The first-order chi connectivity index (χ1) is 12.1. The molecule has 0 atom stereocenters. The molecule has 1 aliphatic rings. The Hall–Kier alpha value is -2.70. The Morgan fingerprint density at radius 1 is 1.32 bits per heavy atom. The van der Waals surface area contributed by atoms with Crippen molar-refractivity contribution in [1.82, 2.24) is 19.9 Å². The van der Waals surface area contributed by atoms with Crippen molar-refractivity contribution in [2.75, 3.05) is 11.9 Å². The first-order valence-electron chi connectivity index (χ1n) is 8.60. The van der Waals surface area contributed by atoms with Crippen LogP contribution in [-0.2, 0) is 11.3 Å². The second-order valence-electron chi connectivity index (χ2n) is 6.41. The molecular weight excluding hydrogens is 318 g/mol. The van der Waals surface area contributed by atoms with E-state index in [1.807, 2.05) is 12.1 Å². The number of nitrogens with one attached hydrogen (secondary N) is 2. The van der Waals surface area contributed by atoms with Gasteiger partial charge in [-0.1, -0.05) is 6.07 Å². The normalized spacial score (nSPS) is 19.1. The zero-order chi connectivity index (χ0) is 17.6. The van der Waals surface area contributed by atoms with E-state index >= 15 is 0 Å². The lowest BCUT2D eigenvalue weighted by atomic mass is 9.78. The lowest BCUT2D eigenvalue weighted by molar-refractivity contribution is -0.120. The predicted octanol–water partition coefficient (Wildman–Crippen LogP) is 1.52. The second-order valence-corrected chi connectivity index (χ2v) is 6.41. The molecule has 2 heterocycles. The third-order valence-corrected chi connectivity index (χ3v) is 4.43. The van der Waals surface area contributed by atoms with Crippen molar-refractivity contribution < 1.29 is 4.79 Å². The summed E-state index contributed by atoms with van der Waals surface area (Å²) in [6.07, 6.45) is 6.05. The highest BCUT2D eigenvalue weighted by Crippen LogP contribution is 2.36. The molecule has 3 rings (SSSR count). The third-order valence-electron chi connectivity index (χ3n) is 4.43. The topological polar surface area (TPSA) is 88.9 Å². The Balaban J connectivity index is 1.45. The number of amides is 1. The zero-order valence-corrected chi connectivity index (χ0v) is 14.3. The molecule has 0 aromatic carbocycles. The van der Waals surface area contributed by atoms with Crippen LogP contribution in [0.5, 0.6) is 0 Å². The smallest absolute Gasteiger partial charge is 0.250 e. The highest BCUT2D eigenvalue weighted by atomic mass is 16.1. The summed E-state index contributed by atoms with van der Waals surface area (Å²) in [6.45, 7) is 2.95. The first kappa shape index (κ1) is 17.1. The molecule has 1 aliphatic carbocycles. The molecule has 132 valence electrons. The minimum Gasteiger partial charge on any atom is -0.370 e. The van der Waals surface area contributed by atoms with E-state index in [1.54, 1.807) is 36.1 Å². The molecule has 1 saturated carbocycles. The number of hydrogen-bond donors (Lipinski definition) is 2. The average molecular weight is 341 g/mol. The van der Waals surface area contributed by atoms with Crippen molar-refractivity contribution >= 4 is 11.7 Å². The Labute approximate surface area is 146 Å². The van der Waals surface area contributed by atoms with Gasteiger partial charge in [0, 0.05) is 56.0 Å². The van der Waals surface area contributed by atoms with Gasteiger partial charge < -0.3 is 15.2 Å². The number of anilines is 1. The van der Waals surface area contributed by atoms with Crippen molar-refractivity contribution in [3.05, 3.63) is 52.8 Å². The van der Waals surface area contributed by atoms with Gasteiger partial charge in [0.25, 0.3) is 0 Å². The van der Waals surface area contributed by atoms with Crippen LogP contribution in [0.3, 0.4) is 0 Å². The summed E-state index contributed by atoms with van der Waals surface area (Å²) in [6, 6.07) is 7.41. The molecule has 1 fully saturated rings. The molecule has 1 amide bonds. The maximum Gasteiger partial charge on any atom is 0.250 e. The summed E-state index contributed by atoms with van der Waals surface area (Å²) in [5, 5.41) is 6.21. The molecule has 0 bridgehead atoms. The molecular formula is C18H23N5O2. The first-order valence-corrected chi connectivity index (χ1v) is 8.60. The van der Waals surface area contributed by atoms with Crippen molar-refractivity contribution in [1.29, 1.82) is 0 Å². The van der Waals surface area contributed by atoms with Crippen molar-refractivity contribution in [2.24, 2.45) is 0 Å². The molecule has 0 spiro atoms. The fraction of sp³-hybridized carbons (Fsp3) is 0.444. The summed E-state index contributed by atoms with van der Waals surface area (Å²) < 4.78 is 1.70. The van der Waals surface area contributed by atoms with Gasteiger partial charge in [-0.3, -0.25) is 9.59 Å². The van der Waals surface area contributed by atoms with Crippen LogP contribution >= 0.6 is 0 Å². The van der Waals surface area contributed by atoms with Gasteiger partial charge in [-0.2, -0.15) is 0 Å². The van der Waals surface area contributed by atoms with E-state index in [4.69, 9.17) is 0 Å². The lowest BCUT2D eigenvalue weighted by Crippen LogP contribution is -2.42. The molecule has 2 aromatic heterocycles. The fourth-order valence-corrected chi connectivity index (χ4v) is 3.07. The molecule has 0 aliphatic heterocycles. The minimum atomic E-state index is 0.0190. The van der Waals surface area contributed by atoms with Crippen LogP contribution < -0.4 is 16.2 Å². The molecule has 7 heteroatoms. The predicted molar refractivity (Wildman–Crippen MR) is 95.4 cm³/mol. The Morgan fingerprint density at radius 3 is 2.92 bits per heavy atom. The van der Waals surface area contributed by atoms with E-state index in [0.717, 1.165) is 37.3 Å². The van der Waals surface area contributed by atoms with E-state index in [9.17, 15) is 9.59 Å². The van der Waals surface area contributed by atoms with Gasteiger partial charge in [0.1, 0.15) is 12.1 Å². The standard InChI is InChI=1S/C18H23N5O2/c1-13(24)22-15-9-14(10-15)16-11-17(21-12-20-16)19-6-4-8-23-7-3-2-5-18(23)25/h2-3,5,7,11-12,14-15H,4,6,8-10H2,1H3,(H,22,24)(H,19,20,21). The molecule has 0 saturated heterocycles. The number of rotatable bonds is 7. The SMILES string of the molecule is CC(=O)NC1CC(c2cc(NCCCn3ccccc3=O)ncn2)C1. The lowest BCUT2D eigenvalue weighted by Gasteiger charge is -2.35. The Morgan fingerprint density at radius 2 is 2.16 bits per heavy atom. The van der Waals surface area contributed by atoms with Gasteiger partial charge >= 0.3 is 0 Å². The fourth-order valence-electron chi connectivity index (χ4n) is 3.07. The summed E-state index contributed by atoms with van der Waals surface area (Å²) in [5.41, 5.74) is 1.03. The number of carbonyl (C=O) groups excluding carboxylic acids is 1. The number of pyridine rings is 1. The van der Waals surface area contributed by atoms with E-state index in [2.05, 4.69) is 20.6 Å². The Bertz CT molecular complexity index is 783. The van der Waals surface area contributed by atoms with Crippen molar-refractivity contribution in [3.8, 4) is 0 Å². The largest absolute Gasteiger partial charge is 0.370 e. The van der Waals surface area contributed by atoms with Crippen LogP contribution in [0.2, 0.25) is 0 Å². The number of nitrogens with zero attached hydrogens (tertiary/aromatic N) is 3. The van der Waals surface area contributed by atoms with Crippen molar-refractivity contribution in [2.45, 2.75) is 44.7 Å². The highest BCUT2D eigenvalue weighted by Gasteiger charge is 2.31. The van der Waals surface area contributed by atoms with Crippen LogP contribution in [-0.4, -0.2) is 33.0 Å². The van der Waals surface area contributed by atoms with Crippen LogP contribution in [0, 0.1) is 0 Å². The second kappa shape index (κ2) is 7.92. The van der Waals surface area contributed by atoms with E-state index in [1.165, 1.54) is 0 Å². The maximum atomic E-state index is 11.6. The molecule has 2 aromatic rings. The summed E-state index contributed by atoms with van der Waals surface area (Å²) >= 11 is 0. The van der Waals surface area contributed by atoms with E-state index < -0.39 is 0 Å². The summed E-state index contributed by atoms with van der Waals surface area (Å²) in [7, 11) is 0. The summed E-state index contributed by atoms with van der Waals surface area (Å²) in [4.78, 5) is 31.3. The highest BCUT2D eigenvalue weighted by molar-refractivity contribution is 5.73. The van der Waals surface area contributed by atoms with Gasteiger partial charge in [-0.25, -0.2) is 9.97 Å². The van der Waals surface area contributed by atoms with Gasteiger partial charge in [0.15, 0.2) is 0 Å². The number of carbonyl (C=O) groups is 1. The molecule has 7 nitrogen and oxygen atoms in total. The number of aromatic nitrogens is 3. The number of aryl methyl sites for hydroxylation is 1. The van der Waals surface area contributed by atoms with Gasteiger partial charge in [0.2, 0.25) is 11.5 Å². The zero-order valence-electron chi connectivity index (χ0n) is 14.3. The average Bonchev–Trinajstić information content (AvgIpc) is 2.56. The molecule has 25 heavy (non-hydrogen) atoms. The summed E-state index contributed by atoms with van der Waals surface area (Å²) in [5.74, 6) is 1.20. The quantitative estimate of drug-likeness (QED) is 0.746. The number of hydrogen-bond acceptors (Lipinski definition) is 5. The molecule has 2 N–H and O–H groups in total. The minimum absolute atomic E-state index is 0.0190. The van der Waals surface area contributed by atoms with Crippen molar-refractivity contribution in [3.63, 3.8) is 0 Å². The third kappa shape index (κ3) is 4.65. The monoisotopic (exact) mass is 341 g/mol. The Kier molecular flexibility index (Phi) is 5.42. The van der Waals surface area contributed by atoms with Crippen LogP contribution in [0.4, 0.5) is 5.82 Å². The molecule has 0 unspecified atom stereocenters. The van der Waals surface area contributed by atoms with Gasteiger partial charge in [-0.05, 0) is 25.3 Å². The van der Waals surface area contributed by atoms with Crippen LogP contribution in [0.25, 0.3) is 0 Å².